The first-order valence-electron chi connectivity index (χ1n) is 8.83. The highest BCUT2D eigenvalue weighted by Crippen LogP contribution is 2.16. The van der Waals surface area contributed by atoms with Crippen LogP contribution in [0.25, 0.3) is 0 Å². The highest BCUT2D eigenvalue weighted by Gasteiger charge is 2.11. The highest BCUT2D eigenvalue weighted by atomic mass is 32.1. The number of hydrogen-bond donors (Lipinski definition) is 1. The molecule has 0 atom stereocenters. The van der Waals surface area contributed by atoms with Crippen LogP contribution < -0.4 is 10.2 Å². The molecule has 0 saturated carbocycles. The van der Waals surface area contributed by atoms with E-state index in [1.165, 1.54) is 28.3 Å². The number of rotatable bonds is 10. The number of hydrazone groups is 1. The average molecular weight is 430 g/mol. The molecule has 0 unspecified atom stereocenters. The van der Waals surface area contributed by atoms with Crippen LogP contribution in [0.15, 0.2) is 47.0 Å². The molecule has 2 heterocycles. The number of nitrogens with zero attached hydrogens (tertiary/aromatic N) is 5. The monoisotopic (exact) mass is 430 g/mol. The lowest BCUT2D eigenvalue weighted by Crippen LogP contribution is -2.07. The van der Waals surface area contributed by atoms with Crippen molar-refractivity contribution >= 4 is 34.5 Å². The molecule has 0 aliphatic rings. The number of anilines is 1. The van der Waals surface area contributed by atoms with Gasteiger partial charge in [0.15, 0.2) is 0 Å². The number of carbonyl (C=O) groups excluding carboxylic acids is 1. The van der Waals surface area contributed by atoms with Crippen LogP contribution in [0.3, 0.4) is 0 Å². The van der Waals surface area contributed by atoms with E-state index in [1.54, 1.807) is 42.8 Å². The molecule has 11 nitrogen and oxygen atoms in total. The van der Waals surface area contributed by atoms with Crippen LogP contribution in [0.1, 0.15) is 18.2 Å². The first-order chi connectivity index (χ1) is 14.5. The van der Waals surface area contributed by atoms with Crippen LogP contribution in [0, 0.1) is 10.1 Å². The molecule has 12 heteroatoms. The highest BCUT2D eigenvalue weighted by molar-refractivity contribution is 7.13. The molecule has 30 heavy (non-hydrogen) atoms. The van der Waals surface area contributed by atoms with Crippen molar-refractivity contribution in [2.45, 2.75) is 20.1 Å². The van der Waals surface area contributed by atoms with E-state index in [0.29, 0.717) is 23.2 Å². The smallest absolute Gasteiger partial charge is 0.390 e. The van der Waals surface area contributed by atoms with Crippen molar-refractivity contribution in [2.75, 3.05) is 12.0 Å². The summed E-state index contributed by atoms with van der Waals surface area (Å²) < 4.78 is 11.8. The molecule has 0 radical (unpaired) electrons. The Balaban J connectivity index is 1.47. The van der Waals surface area contributed by atoms with Gasteiger partial charge in [-0.1, -0.05) is 0 Å². The van der Waals surface area contributed by atoms with Crippen molar-refractivity contribution in [3.63, 3.8) is 0 Å². The number of esters is 1. The van der Waals surface area contributed by atoms with E-state index < -0.39 is 4.92 Å². The first kappa shape index (κ1) is 20.9. The number of hydrogen-bond acceptors (Lipinski definition) is 10. The zero-order chi connectivity index (χ0) is 21.3. The fourth-order valence-corrected chi connectivity index (χ4v) is 2.93. The Morgan fingerprint density at radius 2 is 2.17 bits per heavy atom. The zero-order valence-corrected chi connectivity index (χ0v) is 16.7. The van der Waals surface area contributed by atoms with E-state index in [4.69, 9.17) is 9.47 Å². The van der Waals surface area contributed by atoms with E-state index in [9.17, 15) is 14.9 Å². The molecule has 0 saturated heterocycles. The molecule has 0 fully saturated rings. The fourth-order valence-electron chi connectivity index (χ4n) is 2.27. The van der Waals surface area contributed by atoms with Gasteiger partial charge in [-0.25, -0.2) is 4.98 Å². The lowest BCUT2D eigenvalue weighted by atomic mass is 10.2. The fraction of sp³-hybridized carbons (Fsp3) is 0.222. The Hall–Kier alpha value is -3.80. The van der Waals surface area contributed by atoms with Gasteiger partial charge in [0.05, 0.1) is 42.3 Å². The Morgan fingerprint density at radius 1 is 1.37 bits per heavy atom. The summed E-state index contributed by atoms with van der Waals surface area (Å²) in [6, 6.07) is 8.42. The van der Waals surface area contributed by atoms with E-state index >= 15 is 0 Å². The number of ether oxygens (including phenoxy) is 2. The minimum atomic E-state index is -0.564. The second-order valence-corrected chi connectivity index (χ2v) is 6.67. The summed E-state index contributed by atoms with van der Waals surface area (Å²) in [7, 11) is 0. The number of carbonyl (C=O) groups is 1. The summed E-state index contributed by atoms with van der Waals surface area (Å²) in [5.41, 5.74) is 4.27. The van der Waals surface area contributed by atoms with Gasteiger partial charge in [-0.2, -0.15) is 5.10 Å². The number of nitro groups is 1. The van der Waals surface area contributed by atoms with Crippen LogP contribution >= 0.6 is 11.3 Å². The molecule has 1 aromatic carbocycles. The van der Waals surface area contributed by atoms with Crippen molar-refractivity contribution in [1.29, 1.82) is 0 Å². The van der Waals surface area contributed by atoms with Crippen molar-refractivity contribution in [3.8, 4) is 5.75 Å². The molecular formula is C18H18N6O5S. The van der Waals surface area contributed by atoms with E-state index in [2.05, 4.69) is 20.6 Å². The third-order valence-corrected chi connectivity index (χ3v) is 4.41. The number of benzene rings is 1. The largest absolute Gasteiger partial charge is 0.469 e. The minimum absolute atomic E-state index is 0.0566. The SMILES string of the molecule is CCOC(=O)Cc1csc(NN=Cc2ccc(OCn3ccc([N+](=O)[O-])n3)cc2)n1. The maximum atomic E-state index is 11.5. The summed E-state index contributed by atoms with van der Waals surface area (Å²) in [6.07, 6.45) is 3.22. The van der Waals surface area contributed by atoms with Crippen LogP contribution in [0.4, 0.5) is 10.9 Å². The molecule has 2 aromatic heterocycles. The Labute approximate surface area is 175 Å². The van der Waals surface area contributed by atoms with Crippen molar-refractivity contribution < 1.29 is 19.2 Å². The molecule has 0 bridgehead atoms. The topological polar surface area (TPSA) is 134 Å². The Kier molecular flexibility index (Phi) is 7.05. The number of nitrogens with one attached hydrogen (secondary N) is 1. The standard InChI is InChI=1S/C18H18N6O5S/c1-2-28-17(25)9-14-11-30-18(20-14)21-19-10-13-3-5-15(6-4-13)29-12-23-8-7-16(22-23)24(26)27/h3-8,10-11H,2,9,12H2,1H3,(H,20,21). The van der Waals surface area contributed by atoms with Crippen LogP contribution in [0.5, 0.6) is 5.75 Å². The predicted molar refractivity (Wildman–Crippen MR) is 110 cm³/mol. The summed E-state index contributed by atoms with van der Waals surface area (Å²) >= 11 is 1.34. The number of aromatic nitrogens is 3. The molecule has 0 spiro atoms. The average Bonchev–Trinajstić information content (AvgIpc) is 3.37. The first-order valence-corrected chi connectivity index (χ1v) is 9.71. The predicted octanol–water partition coefficient (Wildman–Crippen LogP) is 2.84. The summed E-state index contributed by atoms with van der Waals surface area (Å²) in [6.45, 7) is 2.15. The maximum Gasteiger partial charge on any atom is 0.390 e. The molecule has 3 rings (SSSR count). The van der Waals surface area contributed by atoms with Crippen LogP contribution in [-0.2, 0) is 22.7 Å². The van der Waals surface area contributed by atoms with Gasteiger partial charge in [-0.05, 0) is 41.7 Å². The van der Waals surface area contributed by atoms with Gasteiger partial charge in [0, 0.05) is 5.38 Å². The molecular weight excluding hydrogens is 412 g/mol. The Morgan fingerprint density at radius 3 is 2.87 bits per heavy atom. The van der Waals surface area contributed by atoms with Gasteiger partial charge >= 0.3 is 11.8 Å². The second kappa shape index (κ2) is 10.1. The van der Waals surface area contributed by atoms with Crippen molar-refractivity contribution in [1.82, 2.24) is 14.8 Å². The summed E-state index contributed by atoms with van der Waals surface area (Å²) in [5, 5.41) is 20.9. The number of thiazole rings is 1. The molecule has 0 aliphatic heterocycles. The van der Waals surface area contributed by atoms with Gasteiger partial charge in [-0.3, -0.25) is 10.2 Å². The van der Waals surface area contributed by atoms with Crippen molar-refractivity contribution in [3.05, 3.63) is 63.3 Å². The van der Waals surface area contributed by atoms with Gasteiger partial charge in [0.2, 0.25) is 11.9 Å². The normalized spacial score (nSPS) is 10.8. The molecule has 0 amide bonds. The van der Waals surface area contributed by atoms with E-state index in [0.717, 1.165) is 5.56 Å². The third-order valence-electron chi connectivity index (χ3n) is 3.61. The van der Waals surface area contributed by atoms with Gasteiger partial charge in [0.25, 0.3) is 0 Å². The van der Waals surface area contributed by atoms with Gasteiger partial charge in [-0.15, -0.1) is 16.0 Å². The minimum Gasteiger partial charge on any atom is -0.469 e. The van der Waals surface area contributed by atoms with Gasteiger partial charge < -0.3 is 19.6 Å². The zero-order valence-electron chi connectivity index (χ0n) is 15.9. The Bertz CT molecular complexity index is 1030. The summed E-state index contributed by atoms with van der Waals surface area (Å²) in [4.78, 5) is 25.8. The molecule has 0 aliphatic carbocycles. The van der Waals surface area contributed by atoms with Crippen molar-refractivity contribution in [2.24, 2.45) is 5.10 Å². The van der Waals surface area contributed by atoms with Gasteiger partial charge in [0.1, 0.15) is 5.75 Å². The van der Waals surface area contributed by atoms with E-state index in [-0.39, 0.29) is 24.9 Å². The maximum absolute atomic E-state index is 11.5. The molecule has 3 aromatic rings. The lowest BCUT2D eigenvalue weighted by molar-refractivity contribution is -0.389. The van der Waals surface area contributed by atoms with Crippen LogP contribution in [0.2, 0.25) is 0 Å². The lowest BCUT2D eigenvalue weighted by Gasteiger charge is -2.04. The van der Waals surface area contributed by atoms with Crippen LogP contribution in [-0.4, -0.2) is 38.5 Å². The quantitative estimate of drug-likeness (QED) is 0.225. The van der Waals surface area contributed by atoms with E-state index in [1.807, 2.05) is 0 Å². The molecule has 156 valence electrons. The second-order valence-electron chi connectivity index (χ2n) is 5.81. The molecule has 1 N–H and O–H groups in total. The third kappa shape index (κ3) is 6.10. The summed E-state index contributed by atoms with van der Waals surface area (Å²) in [5.74, 6) is 0.0404.